The lowest BCUT2D eigenvalue weighted by atomic mass is 10.8. The molecule has 0 aromatic carbocycles. The monoisotopic (exact) mass is 114 g/mol. The number of hydrogen-bond acceptors (Lipinski definition) is 2. The molecule has 0 radical (unpaired) electrons. The number of nitrogens with zero attached hydrogens (tertiary/aromatic N) is 1. The van der Waals surface area contributed by atoms with E-state index in [1.807, 2.05) is 0 Å². The fourth-order valence-corrected chi connectivity index (χ4v) is 0.474. The fourth-order valence-electron chi connectivity index (χ4n) is 0.158. The third-order valence-electron chi connectivity index (χ3n) is 0.406. The van der Waals surface area contributed by atoms with E-state index in [2.05, 4.69) is 6.58 Å². The summed E-state index contributed by atoms with van der Waals surface area (Å²) in [7, 11) is -1.64. The first kappa shape index (κ1) is 6.33. The zero-order valence-electron chi connectivity index (χ0n) is 3.79. The molecule has 0 saturated carbocycles. The Kier molecular flexibility index (Phi) is 3.18. The molecule has 0 bridgehead atoms. The number of hydrogen-bond donors (Lipinski definition) is 0. The minimum absolute atomic E-state index is 0.311. The van der Waals surface area contributed by atoms with Crippen molar-refractivity contribution < 1.29 is 4.57 Å². The zero-order chi connectivity index (χ0) is 5.70. The van der Waals surface area contributed by atoms with Gasteiger partial charge in [0, 0.05) is 0 Å². The second-order valence-corrected chi connectivity index (χ2v) is 2.27. The van der Waals surface area contributed by atoms with Gasteiger partial charge >= 0.3 is 13.6 Å². The van der Waals surface area contributed by atoms with E-state index < -0.39 is 7.80 Å². The first-order chi connectivity index (χ1) is 3.31. The standard InChI is InChI=1S/C4H5NOP/c1-2-3-7(6)4-5/h2H,1,3H2/q+1. The smallest absolute Gasteiger partial charge is 0.139 e. The molecule has 0 aliphatic heterocycles. The van der Waals surface area contributed by atoms with Crippen molar-refractivity contribution >= 4 is 7.80 Å². The van der Waals surface area contributed by atoms with E-state index in [-0.39, 0.29) is 0 Å². The lowest BCUT2D eigenvalue weighted by Crippen LogP contribution is -1.60. The van der Waals surface area contributed by atoms with Crippen molar-refractivity contribution in [3.63, 3.8) is 0 Å². The Balaban J connectivity index is 3.43. The molecule has 0 aliphatic carbocycles. The van der Waals surface area contributed by atoms with Crippen molar-refractivity contribution in [1.29, 1.82) is 5.26 Å². The molecule has 0 aromatic rings. The molecule has 2 nitrogen and oxygen atoms in total. The highest BCUT2D eigenvalue weighted by atomic mass is 31.1. The van der Waals surface area contributed by atoms with Gasteiger partial charge in [-0.3, -0.25) is 0 Å². The summed E-state index contributed by atoms with van der Waals surface area (Å²) in [5.74, 6) is 1.60. The Labute approximate surface area is 43.2 Å². The molecule has 0 aromatic heterocycles. The van der Waals surface area contributed by atoms with E-state index in [1.54, 1.807) is 5.81 Å². The summed E-state index contributed by atoms with van der Waals surface area (Å²) in [6, 6.07) is 0. The molecule has 0 spiro atoms. The molecule has 0 amide bonds. The maximum Gasteiger partial charge on any atom is 0.459 e. The fraction of sp³-hybridized carbons (Fsp3) is 0.250. The molecule has 36 valence electrons. The van der Waals surface area contributed by atoms with Gasteiger partial charge in [0.15, 0.2) is 6.16 Å². The zero-order valence-corrected chi connectivity index (χ0v) is 4.69. The Morgan fingerprint density at radius 2 is 2.57 bits per heavy atom. The van der Waals surface area contributed by atoms with E-state index in [0.717, 1.165) is 0 Å². The summed E-state index contributed by atoms with van der Waals surface area (Å²) < 4.78 is 10.1. The van der Waals surface area contributed by atoms with Gasteiger partial charge in [0.1, 0.15) is 0 Å². The van der Waals surface area contributed by atoms with Gasteiger partial charge in [0.2, 0.25) is 0 Å². The van der Waals surface area contributed by atoms with Crippen LogP contribution in [-0.4, -0.2) is 6.16 Å². The van der Waals surface area contributed by atoms with Crippen LogP contribution in [0.5, 0.6) is 0 Å². The molecule has 0 heterocycles. The van der Waals surface area contributed by atoms with Crippen LogP contribution in [0.1, 0.15) is 0 Å². The Morgan fingerprint density at radius 1 is 2.00 bits per heavy atom. The minimum Gasteiger partial charge on any atom is -0.139 e. The molecule has 0 saturated heterocycles. The van der Waals surface area contributed by atoms with Gasteiger partial charge in [-0.15, -0.1) is 5.26 Å². The van der Waals surface area contributed by atoms with Crippen LogP contribution in [0.15, 0.2) is 12.7 Å². The number of allylic oxidation sites excluding steroid dienone is 1. The van der Waals surface area contributed by atoms with Gasteiger partial charge in [-0.05, 0) is 6.08 Å². The largest absolute Gasteiger partial charge is 0.459 e. The molecule has 1 unspecified atom stereocenters. The SMILES string of the molecule is C=CC[P+](=O)C#N. The summed E-state index contributed by atoms with van der Waals surface area (Å²) in [6.45, 7) is 3.31. The van der Waals surface area contributed by atoms with E-state index in [9.17, 15) is 4.57 Å². The van der Waals surface area contributed by atoms with Crippen molar-refractivity contribution in [1.82, 2.24) is 0 Å². The van der Waals surface area contributed by atoms with E-state index >= 15 is 0 Å². The molecule has 1 atom stereocenters. The van der Waals surface area contributed by atoms with Gasteiger partial charge in [-0.25, -0.2) is 0 Å². The van der Waals surface area contributed by atoms with E-state index in [1.165, 1.54) is 6.08 Å². The highest BCUT2D eigenvalue weighted by molar-refractivity contribution is 7.50. The lowest BCUT2D eigenvalue weighted by molar-refractivity contribution is 0.595. The third-order valence-corrected chi connectivity index (χ3v) is 1.22. The Hall–Kier alpha value is -0.670. The Bertz CT molecular complexity index is 124. The van der Waals surface area contributed by atoms with Crippen molar-refractivity contribution in [3.05, 3.63) is 12.7 Å². The molecule has 3 heteroatoms. The summed E-state index contributed by atoms with van der Waals surface area (Å²) in [5.41, 5.74) is 0. The average molecular weight is 114 g/mol. The van der Waals surface area contributed by atoms with Crippen LogP contribution in [0.25, 0.3) is 0 Å². The first-order valence-electron chi connectivity index (χ1n) is 1.76. The van der Waals surface area contributed by atoms with Gasteiger partial charge in [-0.1, -0.05) is 11.1 Å². The lowest BCUT2D eigenvalue weighted by Gasteiger charge is -1.57. The molecule has 0 N–H and O–H groups in total. The van der Waals surface area contributed by atoms with Gasteiger partial charge in [0.25, 0.3) is 0 Å². The topological polar surface area (TPSA) is 40.9 Å². The van der Waals surface area contributed by atoms with Crippen molar-refractivity contribution in [2.75, 3.05) is 6.16 Å². The minimum atomic E-state index is -1.64. The predicted octanol–water partition coefficient (Wildman–Crippen LogP) is 1.48. The second kappa shape index (κ2) is 3.52. The average Bonchev–Trinajstić information content (AvgIpc) is 1.68. The van der Waals surface area contributed by atoms with E-state index in [4.69, 9.17) is 5.26 Å². The molecule has 0 fully saturated rings. The quantitative estimate of drug-likeness (QED) is 0.403. The predicted molar refractivity (Wildman–Crippen MR) is 28.3 cm³/mol. The van der Waals surface area contributed by atoms with Crippen LogP contribution < -0.4 is 0 Å². The van der Waals surface area contributed by atoms with Crippen LogP contribution in [0, 0.1) is 11.1 Å². The van der Waals surface area contributed by atoms with Gasteiger partial charge in [-0.2, -0.15) is 0 Å². The summed E-state index contributed by atoms with van der Waals surface area (Å²) in [6.07, 6.45) is 1.79. The van der Waals surface area contributed by atoms with Crippen LogP contribution in [0.2, 0.25) is 0 Å². The van der Waals surface area contributed by atoms with Crippen LogP contribution >= 0.6 is 7.80 Å². The maximum absolute atomic E-state index is 10.1. The molecule has 0 rings (SSSR count). The normalized spacial score (nSPS) is 9.29. The van der Waals surface area contributed by atoms with Crippen LogP contribution in [0.3, 0.4) is 0 Å². The highest BCUT2D eigenvalue weighted by Gasteiger charge is 2.07. The molecular formula is C4H5NOP+. The number of nitriles is 1. The van der Waals surface area contributed by atoms with Crippen molar-refractivity contribution in [2.24, 2.45) is 0 Å². The molecule has 0 aliphatic rings. The summed E-state index contributed by atoms with van der Waals surface area (Å²) in [5, 5.41) is 7.88. The van der Waals surface area contributed by atoms with Crippen molar-refractivity contribution in [2.45, 2.75) is 0 Å². The van der Waals surface area contributed by atoms with E-state index in [0.29, 0.717) is 6.16 Å². The second-order valence-electron chi connectivity index (χ2n) is 0.950. The maximum atomic E-state index is 10.1. The molecular weight excluding hydrogens is 109 g/mol. The summed E-state index contributed by atoms with van der Waals surface area (Å²) >= 11 is 0. The van der Waals surface area contributed by atoms with Gasteiger partial charge in [0.05, 0.1) is 0 Å². The number of rotatable bonds is 2. The third kappa shape index (κ3) is 3.15. The first-order valence-corrected chi connectivity index (χ1v) is 3.21. The molecule has 7 heavy (non-hydrogen) atoms. The van der Waals surface area contributed by atoms with Crippen LogP contribution in [0.4, 0.5) is 0 Å². The van der Waals surface area contributed by atoms with Crippen LogP contribution in [-0.2, 0) is 4.57 Å². The van der Waals surface area contributed by atoms with Gasteiger partial charge < -0.3 is 0 Å². The summed E-state index contributed by atoms with van der Waals surface area (Å²) in [4.78, 5) is 0. The highest BCUT2D eigenvalue weighted by Crippen LogP contribution is 2.15. The Morgan fingerprint density at radius 3 is 2.71 bits per heavy atom. The van der Waals surface area contributed by atoms with Crippen molar-refractivity contribution in [3.8, 4) is 5.81 Å².